The standard InChI is InChI=1S/C19H17N3O3/c1-3-25-19(23)16-10-14-8-9-22(18(14)17(11-20)21-16)12-13-4-6-15(24-2)7-5-13/h4-10H,3,12H2,1-2H3. The van der Waals surface area contributed by atoms with E-state index in [1.165, 1.54) is 0 Å². The van der Waals surface area contributed by atoms with E-state index in [1.807, 2.05) is 41.1 Å². The number of methoxy groups -OCH3 is 1. The van der Waals surface area contributed by atoms with Crippen molar-refractivity contribution in [2.45, 2.75) is 13.5 Å². The van der Waals surface area contributed by atoms with Crippen LogP contribution in [0, 0.1) is 11.3 Å². The Hall–Kier alpha value is -3.33. The highest BCUT2D eigenvalue weighted by atomic mass is 16.5. The number of hydrogen-bond donors (Lipinski definition) is 0. The number of carbonyl (C=O) groups is 1. The van der Waals surface area contributed by atoms with Crippen LogP contribution in [0.25, 0.3) is 10.9 Å². The first-order valence-electron chi connectivity index (χ1n) is 7.86. The number of fused-ring (bicyclic) bond motifs is 1. The van der Waals surface area contributed by atoms with Crippen molar-refractivity contribution in [3.05, 3.63) is 59.5 Å². The largest absolute Gasteiger partial charge is 0.497 e. The number of esters is 1. The Morgan fingerprint density at radius 2 is 2.04 bits per heavy atom. The molecule has 0 aliphatic carbocycles. The van der Waals surface area contributed by atoms with Crippen molar-refractivity contribution < 1.29 is 14.3 Å². The van der Waals surface area contributed by atoms with E-state index in [1.54, 1.807) is 20.1 Å². The van der Waals surface area contributed by atoms with E-state index < -0.39 is 5.97 Å². The Morgan fingerprint density at radius 3 is 2.68 bits per heavy atom. The maximum Gasteiger partial charge on any atom is 0.356 e. The molecule has 0 unspecified atom stereocenters. The van der Waals surface area contributed by atoms with E-state index in [9.17, 15) is 10.1 Å². The summed E-state index contributed by atoms with van der Waals surface area (Å²) in [6.07, 6.45) is 1.88. The maximum atomic E-state index is 11.9. The molecule has 1 aromatic carbocycles. The summed E-state index contributed by atoms with van der Waals surface area (Å²) in [6.45, 7) is 2.58. The number of ether oxygens (including phenoxy) is 2. The lowest BCUT2D eigenvalue weighted by atomic mass is 10.2. The number of aromatic nitrogens is 2. The van der Waals surface area contributed by atoms with Gasteiger partial charge in [0.15, 0.2) is 11.4 Å². The Morgan fingerprint density at radius 1 is 1.28 bits per heavy atom. The predicted octanol–water partition coefficient (Wildman–Crippen LogP) is 3.14. The van der Waals surface area contributed by atoms with Crippen LogP contribution >= 0.6 is 0 Å². The highest BCUT2D eigenvalue weighted by Gasteiger charge is 2.16. The van der Waals surface area contributed by atoms with Gasteiger partial charge in [0.05, 0.1) is 19.2 Å². The van der Waals surface area contributed by atoms with Crippen molar-refractivity contribution in [3.8, 4) is 11.8 Å². The van der Waals surface area contributed by atoms with Gasteiger partial charge < -0.3 is 14.0 Å². The van der Waals surface area contributed by atoms with Gasteiger partial charge in [-0.2, -0.15) is 5.26 Å². The van der Waals surface area contributed by atoms with Crippen molar-refractivity contribution in [1.29, 1.82) is 5.26 Å². The van der Waals surface area contributed by atoms with Gasteiger partial charge >= 0.3 is 5.97 Å². The average molecular weight is 335 g/mol. The molecule has 0 bridgehead atoms. The second-order valence-electron chi connectivity index (χ2n) is 5.42. The van der Waals surface area contributed by atoms with E-state index in [2.05, 4.69) is 11.1 Å². The second-order valence-corrected chi connectivity index (χ2v) is 5.42. The molecule has 0 amide bonds. The first-order valence-corrected chi connectivity index (χ1v) is 7.86. The zero-order chi connectivity index (χ0) is 17.8. The zero-order valence-electron chi connectivity index (χ0n) is 14.0. The fourth-order valence-electron chi connectivity index (χ4n) is 2.68. The molecule has 0 atom stereocenters. The molecular formula is C19H17N3O3. The van der Waals surface area contributed by atoms with E-state index >= 15 is 0 Å². The van der Waals surface area contributed by atoms with Crippen molar-refractivity contribution in [2.24, 2.45) is 0 Å². The summed E-state index contributed by atoms with van der Waals surface area (Å²) in [5.74, 6) is 0.267. The molecule has 2 aromatic heterocycles. The van der Waals surface area contributed by atoms with Crippen LogP contribution in [0.2, 0.25) is 0 Å². The van der Waals surface area contributed by atoms with Gasteiger partial charge in [0.25, 0.3) is 0 Å². The zero-order valence-corrected chi connectivity index (χ0v) is 14.0. The van der Waals surface area contributed by atoms with Gasteiger partial charge in [-0.25, -0.2) is 9.78 Å². The summed E-state index contributed by atoms with van der Waals surface area (Å²) < 4.78 is 12.1. The summed E-state index contributed by atoms with van der Waals surface area (Å²) in [4.78, 5) is 16.1. The number of hydrogen-bond acceptors (Lipinski definition) is 5. The van der Waals surface area contributed by atoms with E-state index in [0.29, 0.717) is 12.1 Å². The topological polar surface area (TPSA) is 77.1 Å². The van der Waals surface area contributed by atoms with Crippen LogP contribution in [0.15, 0.2) is 42.6 Å². The first kappa shape index (κ1) is 16.5. The van der Waals surface area contributed by atoms with Gasteiger partial charge in [-0.05, 0) is 36.8 Å². The van der Waals surface area contributed by atoms with Crippen LogP contribution in [0.4, 0.5) is 0 Å². The average Bonchev–Trinajstić information content (AvgIpc) is 3.04. The quantitative estimate of drug-likeness (QED) is 0.669. The van der Waals surface area contributed by atoms with Crippen LogP contribution in [-0.2, 0) is 11.3 Å². The van der Waals surface area contributed by atoms with Gasteiger partial charge in [-0.15, -0.1) is 0 Å². The van der Waals surface area contributed by atoms with Crippen molar-refractivity contribution in [2.75, 3.05) is 13.7 Å². The maximum absolute atomic E-state index is 11.9. The molecule has 3 aromatic rings. The van der Waals surface area contributed by atoms with Crippen LogP contribution < -0.4 is 4.74 Å². The third-order valence-corrected chi connectivity index (χ3v) is 3.85. The summed E-state index contributed by atoms with van der Waals surface area (Å²) in [6, 6.07) is 13.3. The van der Waals surface area contributed by atoms with Crippen LogP contribution in [0.5, 0.6) is 5.75 Å². The fourth-order valence-corrected chi connectivity index (χ4v) is 2.68. The van der Waals surface area contributed by atoms with Gasteiger partial charge in [-0.3, -0.25) is 0 Å². The molecule has 3 rings (SSSR count). The SMILES string of the molecule is CCOC(=O)c1cc2ccn(Cc3ccc(OC)cc3)c2c(C#N)n1. The molecule has 0 spiro atoms. The molecule has 0 saturated heterocycles. The van der Waals surface area contributed by atoms with Crippen LogP contribution in [0.1, 0.15) is 28.7 Å². The van der Waals surface area contributed by atoms with Crippen LogP contribution in [0.3, 0.4) is 0 Å². The normalized spacial score (nSPS) is 10.4. The summed E-state index contributed by atoms with van der Waals surface area (Å²) >= 11 is 0. The highest BCUT2D eigenvalue weighted by molar-refractivity contribution is 5.94. The molecule has 0 saturated carbocycles. The molecule has 2 heterocycles. The van der Waals surface area contributed by atoms with Crippen molar-refractivity contribution in [1.82, 2.24) is 9.55 Å². The van der Waals surface area contributed by atoms with Gasteiger partial charge in [0.2, 0.25) is 0 Å². The number of rotatable bonds is 5. The first-order chi connectivity index (χ1) is 12.2. The van der Waals surface area contributed by atoms with E-state index in [-0.39, 0.29) is 18.0 Å². The van der Waals surface area contributed by atoms with Crippen LogP contribution in [-0.4, -0.2) is 29.2 Å². The lowest BCUT2D eigenvalue weighted by molar-refractivity contribution is 0.0519. The highest BCUT2D eigenvalue weighted by Crippen LogP contribution is 2.22. The van der Waals surface area contributed by atoms with Crippen molar-refractivity contribution in [3.63, 3.8) is 0 Å². The summed E-state index contributed by atoms with van der Waals surface area (Å²) in [5.41, 5.74) is 2.12. The molecule has 0 aliphatic heterocycles. The number of nitrogens with zero attached hydrogens (tertiary/aromatic N) is 3. The van der Waals surface area contributed by atoms with E-state index in [4.69, 9.17) is 9.47 Å². The number of pyridine rings is 1. The monoisotopic (exact) mass is 335 g/mol. The third kappa shape index (κ3) is 3.31. The Kier molecular flexibility index (Phi) is 4.66. The van der Waals surface area contributed by atoms with E-state index in [0.717, 1.165) is 16.7 Å². The molecule has 6 nitrogen and oxygen atoms in total. The molecule has 0 aliphatic rings. The summed E-state index contributed by atoms with van der Waals surface area (Å²) in [7, 11) is 1.63. The minimum atomic E-state index is -0.524. The molecular weight excluding hydrogens is 318 g/mol. The Bertz CT molecular complexity index is 952. The predicted molar refractivity (Wildman–Crippen MR) is 92.5 cm³/mol. The third-order valence-electron chi connectivity index (χ3n) is 3.85. The second kappa shape index (κ2) is 7.05. The molecule has 0 fully saturated rings. The van der Waals surface area contributed by atoms with Gasteiger partial charge in [0, 0.05) is 18.1 Å². The number of nitriles is 1. The van der Waals surface area contributed by atoms with Gasteiger partial charge in [0.1, 0.15) is 11.8 Å². The molecule has 0 radical (unpaired) electrons. The Labute approximate surface area is 145 Å². The fraction of sp³-hybridized carbons (Fsp3) is 0.211. The minimum absolute atomic E-state index is 0.146. The number of benzene rings is 1. The van der Waals surface area contributed by atoms with Gasteiger partial charge in [-0.1, -0.05) is 12.1 Å². The minimum Gasteiger partial charge on any atom is -0.497 e. The molecule has 126 valence electrons. The lowest BCUT2D eigenvalue weighted by Crippen LogP contribution is -2.09. The Balaban J connectivity index is 1.99. The molecule has 0 N–H and O–H groups in total. The number of carbonyl (C=O) groups excluding carboxylic acids is 1. The molecule has 25 heavy (non-hydrogen) atoms. The summed E-state index contributed by atoms with van der Waals surface area (Å²) in [5, 5.41) is 10.2. The smallest absolute Gasteiger partial charge is 0.356 e. The van der Waals surface area contributed by atoms with Crippen molar-refractivity contribution >= 4 is 16.9 Å². The lowest BCUT2D eigenvalue weighted by Gasteiger charge is -2.08. The molecule has 6 heteroatoms.